The van der Waals surface area contributed by atoms with E-state index >= 15 is 0 Å². The van der Waals surface area contributed by atoms with Crippen molar-refractivity contribution in [3.8, 4) is 5.75 Å². The fourth-order valence-electron chi connectivity index (χ4n) is 2.69. The Morgan fingerprint density at radius 2 is 1.74 bits per heavy atom. The zero-order chi connectivity index (χ0) is 22.3. The quantitative estimate of drug-likeness (QED) is 0.185. The van der Waals surface area contributed by atoms with Crippen LogP contribution in [0.15, 0.2) is 41.4 Å². The molecule has 31 heavy (non-hydrogen) atoms. The van der Waals surface area contributed by atoms with E-state index < -0.39 is 23.5 Å². The fourth-order valence-corrected chi connectivity index (χ4v) is 2.69. The number of esters is 1. The van der Waals surface area contributed by atoms with Crippen LogP contribution < -0.4 is 15.4 Å². The van der Waals surface area contributed by atoms with Crippen molar-refractivity contribution < 1.29 is 31.8 Å². The first-order valence-corrected chi connectivity index (χ1v) is 8.75. The molecule has 2 aromatic rings. The maximum absolute atomic E-state index is 13.2. The predicted octanol–water partition coefficient (Wildman–Crippen LogP) is 4.12. The second-order valence-corrected chi connectivity index (χ2v) is 6.10. The van der Waals surface area contributed by atoms with Gasteiger partial charge in [0.2, 0.25) is 0 Å². The lowest BCUT2D eigenvalue weighted by Crippen LogP contribution is -2.36. The van der Waals surface area contributed by atoms with Crippen LogP contribution in [-0.2, 0) is 24.0 Å². The van der Waals surface area contributed by atoms with Crippen LogP contribution in [0.1, 0.15) is 27.0 Å². The third-order valence-corrected chi connectivity index (χ3v) is 4.18. The molecule has 0 radical (unpaired) electrons. The molecule has 0 aliphatic carbocycles. The maximum Gasteiger partial charge on any atom is 0.416 e. The topological polar surface area (TPSA) is 72.0 Å². The number of carbonyl (C=O) groups is 1. The van der Waals surface area contributed by atoms with Gasteiger partial charge in [-0.2, -0.15) is 13.2 Å². The van der Waals surface area contributed by atoms with Crippen LogP contribution in [0.2, 0.25) is 0 Å². The van der Waals surface area contributed by atoms with E-state index in [0.717, 1.165) is 12.1 Å². The summed E-state index contributed by atoms with van der Waals surface area (Å²) in [5.41, 5.74) is -0.243. The molecule has 6 nitrogen and oxygen atoms in total. The first-order chi connectivity index (χ1) is 14.2. The number of rotatable bonds is 6. The molecule has 0 aliphatic rings. The van der Waals surface area contributed by atoms with E-state index in [1.54, 1.807) is 18.2 Å². The zero-order valence-corrected chi connectivity index (χ0v) is 19.3. The van der Waals surface area contributed by atoms with Gasteiger partial charge in [0.05, 0.1) is 19.8 Å². The molecule has 2 N–H and O–H groups in total. The van der Waals surface area contributed by atoms with Gasteiger partial charge in [-0.05, 0) is 35.4 Å². The molecule has 0 saturated carbocycles. The van der Waals surface area contributed by atoms with E-state index in [2.05, 4.69) is 15.6 Å². The van der Waals surface area contributed by atoms with Crippen molar-refractivity contribution in [3.63, 3.8) is 0 Å². The maximum atomic E-state index is 13.2. The number of aliphatic imine (C=N–C) groups is 1. The molecule has 0 heterocycles. The van der Waals surface area contributed by atoms with Crippen molar-refractivity contribution in [2.24, 2.45) is 4.99 Å². The van der Waals surface area contributed by atoms with E-state index in [4.69, 9.17) is 9.47 Å². The number of hydrogen-bond acceptors (Lipinski definition) is 4. The largest absolute Gasteiger partial charge is 0.496 e. The van der Waals surface area contributed by atoms with E-state index in [1.807, 2.05) is 0 Å². The molecule has 0 amide bonds. The highest BCUT2D eigenvalue weighted by Gasteiger charge is 2.33. The van der Waals surface area contributed by atoms with Crippen LogP contribution in [0.5, 0.6) is 5.75 Å². The van der Waals surface area contributed by atoms with Gasteiger partial charge in [0.1, 0.15) is 17.1 Å². The highest BCUT2D eigenvalue weighted by atomic mass is 127. The average Bonchev–Trinajstić information content (AvgIpc) is 2.73. The van der Waals surface area contributed by atoms with Crippen molar-refractivity contribution in [2.45, 2.75) is 19.3 Å². The summed E-state index contributed by atoms with van der Waals surface area (Å²) in [6.45, 7) is 0.00796. The Hall–Kier alpha value is -2.57. The molecule has 0 saturated heterocycles. The van der Waals surface area contributed by atoms with Gasteiger partial charge < -0.3 is 20.1 Å². The Morgan fingerprint density at radius 1 is 1.06 bits per heavy atom. The van der Waals surface area contributed by atoms with Gasteiger partial charge >= 0.3 is 12.1 Å². The molecule has 0 aromatic heterocycles. The number of halogens is 5. The summed E-state index contributed by atoms with van der Waals surface area (Å²) in [5, 5.41) is 5.70. The van der Waals surface area contributed by atoms with Gasteiger partial charge in [0, 0.05) is 20.1 Å². The van der Waals surface area contributed by atoms with Crippen LogP contribution in [-0.4, -0.2) is 33.2 Å². The minimum Gasteiger partial charge on any atom is -0.496 e. The number of nitrogens with one attached hydrogen (secondary N) is 2. The first-order valence-electron chi connectivity index (χ1n) is 8.75. The number of ether oxygens (including phenoxy) is 2. The molecule has 0 aliphatic heterocycles. The van der Waals surface area contributed by atoms with Crippen LogP contribution in [0.25, 0.3) is 0 Å². The Bertz CT molecular complexity index is 936. The predicted molar refractivity (Wildman–Crippen MR) is 118 cm³/mol. The number of nitrogens with zero attached hydrogens (tertiary/aromatic N) is 1. The van der Waals surface area contributed by atoms with Crippen LogP contribution in [0, 0.1) is 5.82 Å². The molecule has 2 aromatic carbocycles. The van der Waals surface area contributed by atoms with Gasteiger partial charge in [-0.1, -0.05) is 12.1 Å². The molecule has 0 unspecified atom stereocenters. The van der Waals surface area contributed by atoms with Gasteiger partial charge in [-0.15, -0.1) is 24.0 Å². The van der Waals surface area contributed by atoms with Crippen LogP contribution in [0.3, 0.4) is 0 Å². The van der Waals surface area contributed by atoms with E-state index in [0.29, 0.717) is 17.4 Å². The third kappa shape index (κ3) is 7.26. The Kier molecular flexibility index (Phi) is 10.0. The number of hydrogen-bond donors (Lipinski definition) is 2. The fraction of sp³-hybridized carbons (Fsp3) is 0.300. The van der Waals surface area contributed by atoms with Gasteiger partial charge in [-0.25, -0.2) is 9.18 Å². The minimum atomic E-state index is -4.68. The van der Waals surface area contributed by atoms with Gasteiger partial charge in [0.15, 0.2) is 5.96 Å². The summed E-state index contributed by atoms with van der Waals surface area (Å²) < 4.78 is 62.4. The molecule has 2 rings (SSSR count). The van der Waals surface area contributed by atoms with E-state index in [9.17, 15) is 22.4 Å². The molecular weight excluding hydrogens is 533 g/mol. The second-order valence-electron chi connectivity index (χ2n) is 6.10. The molecular formula is C20H22F4IN3O3. The number of benzene rings is 2. The summed E-state index contributed by atoms with van der Waals surface area (Å²) in [7, 11) is 4.14. The van der Waals surface area contributed by atoms with Crippen molar-refractivity contribution in [1.29, 1.82) is 0 Å². The first kappa shape index (κ1) is 26.5. The molecule has 0 spiro atoms. The Balaban J connectivity index is 0.00000480. The summed E-state index contributed by atoms with van der Waals surface area (Å²) in [5.74, 6) is -0.950. The van der Waals surface area contributed by atoms with Crippen LogP contribution >= 0.6 is 24.0 Å². The second kappa shape index (κ2) is 11.7. The molecule has 170 valence electrons. The molecule has 11 heteroatoms. The SMILES string of the molecule is CN=C(NCc1ccc(OC)c(C(=O)OC)c1)NCc1ccc(F)cc1C(F)(F)F.I. The summed E-state index contributed by atoms with van der Waals surface area (Å²) in [6.07, 6.45) is -4.68. The number of methoxy groups -OCH3 is 2. The van der Waals surface area contributed by atoms with Crippen molar-refractivity contribution in [2.75, 3.05) is 21.3 Å². The standard InChI is InChI=1S/C20H21F4N3O3.HI/c1-25-19(27-11-13-5-6-14(21)9-16(13)20(22,23)24)26-10-12-4-7-17(29-2)15(8-12)18(28)30-3;/h4-9H,10-11H2,1-3H3,(H2,25,26,27);1H. The number of carbonyl (C=O) groups excluding carboxylic acids is 1. The molecule has 0 fully saturated rings. The molecule has 0 atom stereocenters. The summed E-state index contributed by atoms with van der Waals surface area (Å²) >= 11 is 0. The highest BCUT2D eigenvalue weighted by molar-refractivity contribution is 14.0. The summed E-state index contributed by atoms with van der Waals surface area (Å²) in [6, 6.07) is 7.39. The van der Waals surface area contributed by atoms with E-state index in [-0.39, 0.29) is 54.2 Å². The minimum absolute atomic E-state index is 0. The monoisotopic (exact) mass is 555 g/mol. The Morgan fingerprint density at radius 3 is 2.32 bits per heavy atom. The smallest absolute Gasteiger partial charge is 0.416 e. The lowest BCUT2D eigenvalue weighted by molar-refractivity contribution is -0.138. The average molecular weight is 555 g/mol. The van der Waals surface area contributed by atoms with E-state index in [1.165, 1.54) is 21.3 Å². The summed E-state index contributed by atoms with van der Waals surface area (Å²) in [4.78, 5) is 15.8. The van der Waals surface area contributed by atoms with Crippen molar-refractivity contribution >= 4 is 35.9 Å². The highest BCUT2D eigenvalue weighted by Crippen LogP contribution is 2.32. The van der Waals surface area contributed by atoms with Crippen LogP contribution in [0.4, 0.5) is 17.6 Å². The zero-order valence-electron chi connectivity index (χ0n) is 17.0. The molecule has 0 bridgehead atoms. The number of guanidine groups is 1. The van der Waals surface area contributed by atoms with Gasteiger partial charge in [0.25, 0.3) is 0 Å². The third-order valence-electron chi connectivity index (χ3n) is 4.18. The lowest BCUT2D eigenvalue weighted by Gasteiger charge is -2.16. The lowest BCUT2D eigenvalue weighted by atomic mass is 10.1. The Labute approximate surface area is 194 Å². The van der Waals surface area contributed by atoms with Crippen molar-refractivity contribution in [1.82, 2.24) is 10.6 Å². The number of alkyl halides is 3. The van der Waals surface area contributed by atoms with Gasteiger partial charge in [-0.3, -0.25) is 4.99 Å². The normalized spacial score (nSPS) is 11.4. The van der Waals surface area contributed by atoms with Crippen molar-refractivity contribution in [3.05, 3.63) is 64.5 Å².